The first-order chi connectivity index (χ1) is 8.52. The van der Waals surface area contributed by atoms with Crippen molar-refractivity contribution in [2.75, 3.05) is 0 Å². The number of primary amides is 1. The summed E-state index contributed by atoms with van der Waals surface area (Å²) in [6.45, 7) is 0. The van der Waals surface area contributed by atoms with Crippen molar-refractivity contribution in [2.24, 2.45) is 5.73 Å². The largest absolute Gasteiger partial charge is 0.508 e. The van der Waals surface area contributed by atoms with Crippen LogP contribution in [0.1, 0.15) is 0 Å². The summed E-state index contributed by atoms with van der Waals surface area (Å²) in [5, 5.41) is 24.5. The number of phenols is 2. The normalized spacial score (nSPS) is 8.00. The lowest BCUT2D eigenvalue weighted by atomic mass is 10.3. The first-order valence-corrected chi connectivity index (χ1v) is 4.98. The summed E-state index contributed by atoms with van der Waals surface area (Å²) in [7, 11) is 0. The maximum atomic E-state index is 8.78. The molecule has 0 radical (unpaired) electrons. The molecule has 0 spiro atoms. The van der Waals surface area contributed by atoms with Crippen LogP contribution in [0.3, 0.4) is 0 Å². The highest BCUT2D eigenvalue weighted by Crippen LogP contribution is 2.03. The van der Waals surface area contributed by atoms with Crippen molar-refractivity contribution in [1.82, 2.24) is 0 Å². The third-order valence-electron chi connectivity index (χ3n) is 1.51. The number of rotatable bonds is 0. The van der Waals surface area contributed by atoms with Crippen LogP contribution in [-0.4, -0.2) is 21.4 Å². The predicted molar refractivity (Wildman–Crippen MR) is 68.4 cm³/mol. The molecular formula is C13H15NO4. The average Bonchev–Trinajstić information content (AvgIpc) is 2.31. The molecule has 2 rings (SSSR count). The molecule has 0 heterocycles. The fourth-order valence-corrected chi connectivity index (χ4v) is 0.856. The molecule has 5 nitrogen and oxygen atoms in total. The van der Waals surface area contributed by atoms with Gasteiger partial charge in [0, 0.05) is 0 Å². The Hall–Kier alpha value is -2.69. The molecule has 0 aliphatic carbocycles. The molecule has 0 aliphatic heterocycles. The van der Waals surface area contributed by atoms with Gasteiger partial charge in [0.25, 0.3) is 0 Å². The van der Waals surface area contributed by atoms with Crippen molar-refractivity contribution in [1.29, 1.82) is 0 Å². The van der Waals surface area contributed by atoms with Gasteiger partial charge >= 0.3 is 6.09 Å². The van der Waals surface area contributed by atoms with E-state index in [1.807, 2.05) is 12.1 Å². The van der Waals surface area contributed by atoms with Gasteiger partial charge in [0.15, 0.2) is 0 Å². The van der Waals surface area contributed by atoms with E-state index in [1.165, 1.54) is 0 Å². The van der Waals surface area contributed by atoms with E-state index < -0.39 is 6.09 Å². The fraction of sp³-hybridized carbons (Fsp3) is 0. The Kier molecular flexibility index (Phi) is 8.11. The number of carboxylic acid groups (broad SMARTS) is 1. The Balaban J connectivity index is 0.000000253. The molecule has 0 unspecified atom stereocenters. The SMILES string of the molecule is NC(=O)O.Oc1ccccc1.Oc1ccccc1. The van der Waals surface area contributed by atoms with E-state index in [9.17, 15) is 0 Å². The number of hydrogen-bond donors (Lipinski definition) is 4. The maximum absolute atomic E-state index is 8.78. The van der Waals surface area contributed by atoms with Gasteiger partial charge in [-0.2, -0.15) is 0 Å². The van der Waals surface area contributed by atoms with Crippen LogP contribution < -0.4 is 5.73 Å². The van der Waals surface area contributed by atoms with Gasteiger partial charge in [-0.15, -0.1) is 0 Å². The van der Waals surface area contributed by atoms with Crippen molar-refractivity contribution in [3.05, 3.63) is 60.7 Å². The first-order valence-electron chi connectivity index (χ1n) is 4.98. The summed E-state index contributed by atoms with van der Waals surface area (Å²) in [5.74, 6) is 0.644. The summed E-state index contributed by atoms with van der Waals surface area (Å²) in [6.07, 6.45) is -1.33. The zero-order valence-electron chi connectivity index (χ0n) is 9.60. The highest BCUT2D eigenvalue weighted by atomic mass is 16.4. The van der Waals surface area contributed by atoms with Crippen LogP contribution >= 0.6 is 0 Å². The molecule has 1 amide bonds. The number of carbonyl (C=O) groups is 1. The third-order valence-corrected chi connectivity index (χ3v) is 1.51. The smallest absolute Gasteiger partial charge is 0.402 e. The lowest BCUT2D eigenvalue weighted by Crippen LogP contribution is -2.03. The Morgan fingerprint density at radius 3 is 1.11 bits per heavy atom. The standard InChI is InChI=1S/2C6H6O.CH3NO2/c2*7-6-4-2-1-3-5-6;2-1(3)4/h2*1-5,7H;2H2,(H,3,4). The van der Waals surface area contributed by atoms with E-state index in [2.05, 4.69) is 5.73 Å². The Bertz CT molecular complexity index is 390. The van der Waals surface area contributed by atoms with Crippen LogP contribution in [0.2, 0.25) is 0 Å². The molecule has 0 fully saturated rings. The van der Waals surface area contributed by atoms with E-state index >= 15 is 0 Å². The number of aromatic hydroxyl groups is 2. The van der Waals surface area contributed by atoms with Gasteiger partial charge in [-0.3, -0.25) is 0 Å². The summed E-state index contributed by atoms with van der Waals surface area (Å²) < 4.78 is 0. The number of phenolic OH excluding ortho intramolecular Hbond substituents is 2. The quantitative estimate of drug-likeness (QED) is 0.575. The molecule has 0 bridgehead atoms. The van der Waals surface area contributed by atoms with Gasteiger partial charge < -0.3 is 21.1 Å². The van der Waals surface area contributed by atoms with E-state index in [4.69, 9.17) is 20.1 Å². The fourth-order valence-electron chi connectivity index (χ4n) is 0.856. The summed E-state index contributed by atoms with van der Waals surface area (Å²) in [6, 6.07) is 17.4. The highest BCUT2D eigenvalue weighted by Gasteiger charge is 1.75. The topological polar surface area (TPSA) is 104 Å². The first kappa shape index (κ1) is 15.3. The second-order valence-corrected chi connectivity index (χ2v) is 3.01. The van der Waals surface area contributed by atoms with Crippen molar-refractivity contribution < 1.29 is 20.1 Å². The van der Waals surface area contributed by atoms with E-state index in [1.54, 1.807) is 48.5 Å². The van der Waals surface area contributed by atoms with Gasteiger partial charge in [-0.1, -0.05) is 36.4 Å². The van der Waals surface area contributed by atoms with E-state index in [-0.39, 0.29) is 0 Å². The second-order valence-electron chi connectivity index (χ2n) is 3.01. The molecule has 5 N–H and O–H groups in total. The van der Waals surface area contributed by atoms with E-state index in [0.29, 0.717) is 11.5 Å². The van der Waals surface area contributed by atoms with Crippen LogP contribution in [0.5, 0.6) is 11.5 Å². The lowest BCUT2D eigenvalue weighted by molar-refractivity contribution is 0.205. The monoisotopic (exact) mass is 249 g/mol. The molecule has 2 aromatic carbocycles. The third kappa shape index (κ3) is 11.4. The lowest BCUT2D eigenvalue weighted by Gasteiger charge is -1.82. The average molecular weight is 249 g/mol. The second kappa shape index (κ2) is 9.53. The van der Waals surface area contributed by atoms with Crippen molar-refractivity contribution in [2.45, 2.75) is 0 Å². The van der Waals surface area contributed by atoms with Crippen LogP contribution in [0.4, 0.5) is 4.79 Å². The number of hydrogen-bond acceptors (Lipinski definition) is 3. The van der Waals surface area contributed by atoms with Gasteiger partial charge in [-0.05, 0) is 24.3 Å². The minimum absolute atomic E-state index is 0.322. The van der Waals surface area contributed by atoms with Gasteiger partial charge in [-0.25, -0.2) is 4.79 Å². The molecule has 0 aliphatic rings. The molecule has 0 aromatic heterocycles. The Morgan fingerprint density at radius 1 is 0.778 bits per heavy atom. The number of amides is 1. The van der Waals surface area contributed by atoms with Gasteiger partial charge in [0.05, 0.1) is 0 Å². The van der Waals surface area contributed by atoms with Crippen LogP contribution in [0.25, 0.3) is 0 Å². The molecule has 18 heavy (non-hydrogen) atoms. The molecule has 5 heteroatoms. The molecule has 0 atom stereocenters. The van der Waals surface area contributed by atoms with Crippen molar-refractivity contribution >= 4 is 6.09 Å². The minimum atomic E-state index is -1.33. The number of nitrogens with two attached hydrogens (primary N) is 1. The highest BCUT2D eigenvalue weighted by molar-refractivity contribution is 5.61. The number of benzene rings is 2. The van der Waals surface area contributed by atoms with Crippen molar-refractivity contribution in [3.63, 3.8) is 0 Å². The molecular weight excluding hydrogens is 234 g/mol. The molecule has 2 aromatic rings. The van der Waals surface area contributed by atoms with Crippen LogP contribution in [-0.2, 0) is 0 Å². The van der Waals surface area contributed by atoms with Gasteiger partial charge in [0.1, 0.15) is 11.5 Å². The Morgan fingerprint density at radius 2 is 1.00 bits per heavy atom. The summed E-state index contributed by atoms with van der Waals surface area (Å²) in [4.78, 5) is 8.78. The molecule has 0 saturated heterocycles. The van der Waals surface area contributed by atoms with Gasteiger partial charge in [0.2, 0.25) is 0 Å². The zero-order valence-corrected chi connectivity index (χ0v) is 9.60. The number of para-hydroxylation sites is 2. The Labute approximate surface area is 105 Å². The predicted octanol–water partition coefficient (Wildman–Crippen LogP) is 2.41. The molecule has 0 saturated carbocycles. The molecule has 96 valence electrons. The zero-order chi connectivity index (χ0) is 13.8. The minimum Gasteiger partial charge on any atom is -0.508 e. The maximum Gasteiger partial charge on any atom is 0.402 e. The summed E-state index contributed by atoms with van der Waals surface area (Å²) >= 11 is 0. The summed E-state index contributed by atoms with van der Waals surface area (Å²) in [5.41, 5.74) is 4.03. The van der Waals surface area contributed by atoms with Crippen molar-refractivity contribution in [3.8, 4) is 11.5 Å². The van der Waals surface area contributed by atoms with Crippen LogP contribution in [0, 0.1) is 0 Å². The van der Waals surface area contributed by atoms with Crippen LogP contribution in [0.15, 0.2) is 60.7 Å². The van der Waals surface area contributed by atoms with E-state index in [0.717, 1.165) is 0 Å².